The Labute approximate surface area is 435 Å². The molecule has 10 heterocycles. The number of carboxylic acid groups (broad SMARTS) is 1. The molecule has 1 amide bonds. The van der Waals surface area contributed by atoms with Crippen molar-refractivity contribution < 1.29 is 33.8 Å². The molecule has 2 aliphatic rings. The van der Waals surface area contributed by atoms with Crippen molar-refractivity contribution in [3.8, 4) is 35.3 Å². The number of amides is 1. The van der Waals surface area contributed by atoms with E-state index < -0.39 is 23.4 Å². The van der Waals surface area contributed by atoms with Crippen LogP contribution < -0.4 is 14.8 Å². The normalized spacial score (nSPS) is 12.8. The fourth-order valence-corrected chi connectivity index (χ4v) is 8.36. The number of fused-ring (bicyclic) bond motifs is 2. The van der Waals surface area contributed by atoms with E-state index in [2.05, 4.69) is 67.5 Å². The van der Waals surface area contributed by atoms with Gasteiger partial charge in [0.15, 0.2) is 11.6 Å². The minimum absolute atomic E-state index is 0. The Morgan fingerprint density at radius 3 is 1.49 bits per heavy atom. The fourth-order valence-electron chi connectivity index (χ4n) is 8.36. The summed E-state index contributed by atoms with van der Waals surface area (Å²) in [6.45, 7) is 6.09. The second-order valence-corrected chi connectivity index (χ2v) is 16.3. The highest BCUT2D eigenvalue weighted by atomic mass is 35.5. The van der Waals surface area contributed by atoms with Crippen LogP contribution in [0.2, 0.25) is 0 Å². The largest absolute Gasteiger partial charge is 0.494 e. The smallest absolute Gasteiger partial charge is 0.377 e. The summed E-state index contributed by atoms with van der Waals surface area (Å²) in [5, 5.41) is 40.3. The fraction of sp³-hybridized carbons (Fsp3) is 0.255. The predicted molar refractivity (Wildman–Crippen MR) is 276 cm³/mol. The summed E-state index contributed by atoms with van der Waals surface area (Å²) in [4.78, 5) is 82.0. The van der Waals surface area contributed by atoms with Crippen LogP contribution in [-0.2, 0) is 9.59 Å². The Bertz CT molecular complexity index is 3510. The topological polar surface area (TPSA) is 314 Å². The molecule has 384 valence electrons. The molecule has 0 aromatic carbocycles. The SMILES string of the molecule is C.COc1cnc(-n2cnc(C)n2)c2[nH]cc(C(=O)C(=O)N3CCC(=C(C#N)c4ccccn4)CC3)c12.COc1cnc(-n2cnc(C)n2)c2[nH]cc(C(=O)C(=O)O)c12.Cl.N#CC(=C1CCNCC1)c1ccccn1. The van der Waals surface area contributed by atoms with Gasteiger partial charge in [-0.15, -0.1) is 12.4 Å². The average molecular weight is 1040 g/mol. The number of allylic oxidation sites excluding steroid dienone is 2. The molecular weight excluding hydrogens is 984 g/mol. The number of piperidine rings is 2. The number of carbonyl (C=O) groups is 4. The zero-order valence-electron chi connectivity index (χ0n) is 40.4. The van der Waals surface area contributed by atoms with Crippen LogP contribution in [0.15, 0.2) is 97.4 Å². The summed E-state index contributed by atoms with van der Waals surface area (Å²) in [7, 11) is 2.89. The first kappa shape index (κ1) is 54.9. The van der Waals surface area contributed by atoms with Gasteiger partial charge in [0, 0.05) is 37.9 Å². The highest BCUT2D eigenvalue weighted by molar-refractivity contribution is 6.45. The molecule has 2 saturated heterocycles. The standard InChI is InChI=1S/C25H22N8O3.C13H11N5O4.C12H13N3.CH4.ClH/c1-15-30-14-33(31-15)24-22-21(20(36-2)13-29-24)18(12-28-22)23(34)25(35)32-9-6-16(7-10-32)17(11-26)19-5-3-4-8-27-19;1-6-16-5-18(17-6)12-10-9(8(22-2)4-15-12)7(3-14-10)11(19)13(20)21;13-9-11(10-4-7-14-8-5-10)12-3-1-2-6-15-12;;/h3-5,8,12-14,28H,6-7,9-10H2,1-2H3;3-5,14H,1-2H3,(H,20,21);1-3,6,14H,4-5,7-8H2;1H4;1H. The molecule has 2 fully saturated rings. The number of methoxy groups -OCH3 is 2. The Kier molecular flexibility index (Phi) is 18.1. The predicted octanol–water partition coefficient (Wildman–Crippen LogP) is 6.17. The molecule has 0 saturated carbocycles. The number of ether oxygens (including phenoxy) is 2. The van der Waals surface area contributed by atoms with Crippen LogP contribution in [0.1, 0.15) is 76.9 Å². The number of carbonyl (C=O) groups excluding carboxylic acids is 3. The van der Waals surface area contributed by atoms with Crippen LogP contribution in [-0.4, -0.2) is 133 Å². The molecule has 8 aromatic heterocycles. The van der Waals surface area contributed by atoms with E-state index in [4.69, 9.17) is 19.8 Å². The molecule has 0 spiro atoms. The molecule has 24 heteroatoms. The van der Waals surface area contributed by atoms with Crippen molar-refractivity contribution in [1.82, 2.24) is 69.6 Å². The van der Waals surface area contributed by atoms with Crippen molar-refractivity contribution in [3.05, 3.63) is 132 Å². The molecule has 0 atom stereocenters. The number of rotatable bonds is 10. The van der Waals surface area contributed by atoms with Gasteiger partial charge in [-0.2, -0.15) is 20.7 Å². The Balaban J connectivity index is 0.000000199. The minimum Gasteiger partial charge on any atom is -0.494 e. The van der Waals surface area contributed by atoms with Gasteiger partial charge >= 0.3 is 5.97 Å². The first-order valence-corrected chi connectivity index (χ1v) is 22.7. The van der Waals surface area contributed by atoms with Crippen LogP contribution in [0.3, 0.4) is 0 Å². The zero-order chi connectivity index (χ0) is 51.6. The van der Waals surface area contributed by atoms with E-state index in [1.165, 1.54) is 71.5 Å². The van der Waals surface area contributed by atoms with E-state index >= 15 is 0 Å². The zero-order valence-corrected chi connectivity index (χ0v) is 41.2. The second kappa shape index (κ2) is 24.8. The van der Waals surface area contributed by atoms with Crippen molar-refractivity contribution in [2.45, 2.75) is 47.0 Å². The summed E-state index contributed by atoms with van der Waals surface area (Å²) < 4.78 is 13.6. The number of hydrogen-bond donors (Lipinski definition) is 4. The van der Waals surface area contributed by atoms with Crippen LogP contribution in [0, 0.1) is 36.5 Å². The van der Waals surface area contributed by atoms with Crippen molar-refractivity contribution in [2.24, 2.45) is 0 Å². The van der Waals surface area contributed by atoms with Gasteiger partial charge in [-0.1, -0.05) is 19.6 Å². The van der Waals surface area contributed by atoms with Crippen molar-refractivity contribution in [3.63, 3.8) is 0 Å². The molecule has 2 aliphatic heterocycles. The van der Waals surface area contributed by atoms with E-state index in [9.17, 15) is 24.4 Å². The number of hydrogen-bond acceptors (Lipinski definition) is 17. The van der Waals surface area contributed by atoms with Gasteiger partial charge in [-0.3, -0.25) is 24.4 Å². The van der Waals surface area contributed by atoms with E-state index in [-0.39, 0.29) is 31.0 Å². The molecule has 75 heavy (non-hydrogen) atoms. The lowest BCUT2D eigenvalue weighted by Gasteiger charge is -2.28. The maximum absolute atomic E-state index is 13.3. The molecule has 0 aliphatic carbocycles. The Hall–Kier alpha value is -9.45. The summed E-state index contributed by atoms with van der Waals surface area (Å²) in [6, 6.07) is 15.6. The van der Waals surface area contributed by atoms with Crippen molar-refractivity contribution in [2.75, 3.05) is 40.4 Å². The number of aromatic nitrogens is 12. The maximum atomic E-state index is 13.3. The average Bonchev–Trinajstić information content (AvgIpc) is 4.27. The van der Waals surface area contributed by atoms with Crippen molar-refractivity contribution in [1.29, 1.82) is 10.5 Å². The first-order chi connectivity index (χ1) is 35.5. The van der Waals surface area contributed by atoms with Crippen LogP contribution in [0.25, 0.3) is 44.6 Å². The molecule has 4 N–H and O–H groups in total. The van der Waals surface area contributed by atoms with Gasteiger partial charge in [0.1, 0.15) is 47.9 Å². The summed E-state index contributed by atoms with van der Waals surface area (Å²) in [5.74, 6) is -1.23. The lowest BCUT2D eigenvalue weighted by molar-refractivity contribution is -0.131. The van der Waals surface area contributed by atoms with Crippen LogP contribution >= 0.6 is 12.4 Å². The van der Waals surface area contributed by atoms with Crippen LogP contribution in [0.4, 0.5) is 0 Å². The number of ketones is 2. The summed E-state index contributed by atoms with van der Waals surface area (Å²) in [5.41, 5.74) is 6.01. The number of Topliss-reactive ketones (excluding diaryl/α,β-unsaturated/α-hetero) is 2. The number of H-pyrrole nitrogens is 2. The van der Waals surface area contributed by atoms with E-state index in [0.29, 0.717) is 93.8 Å². The quantitative estimate of drug-likeness (QED) is 0.0676. The van der Waals surface area contributed by atoms with Gasteiger partial charge in [-0.25, -0.2) is 34.1 Å². The number of aryl methyl sites for hydroxylation is 2. The lowest BCUT2D eigenvalue weighted by Crippen LogP contribution is -2.40. The molecule has 8 aromatic rings. The van der Waals surface area contributed by atoms with Gasteiger partial charge in [0.2, 0.25) is 0 Å². The molecule has 10 rings (SSSR count). The van der Waals surface area contributed by atoms with Crippen LogP contribution in [0.5, 0.6) is 11.5 Å². The molecule has 0 radical (unpaired) electrons. The second-order valence-electron chi connectivity index (χ2n) is 16.3. The van der Waals surface area contributed by atoms with Gasteiger partial charge in [0.05, 0.1) is 82.1 Å². The number of carboxylic acids is 1. The third kappa shape index (κ3) is 11.8. The molecule has 0 unspecified atom stereocenters. The third-order valence-electron chi connectivity index (χ3n) is 11.9. The molecule has 23 nitrogen and oxygen atoms in total. The number of likely N-dealkylation sites (tertiary alicyclic amines) is 1. The summed E-state index contributed by atoms with van der Waals surface area (Å²) >= 11 is 0. The number of halogens is 1. The monoisotopic (exact) mass is 1030 g/mol. The number of pyridine rings is 4. The van der Waals surface area contributed by atoms with E-state index in [1.54, 1.807) is 38.4 Å². The minimum atomic E-state index is -1.54. The summed E-state index contributed by atoms with van der Waals surface area (Å²) in [6.07, 6.45) is 15.0. The van der Waals surface area contributed by atoms with E-state index in [1.807, 2.05) is 24.3 Å². The molecule has 0 bridgehead atoms. The lowest BCUT2D eigenvalue weighted by atomic mass is 9.95. The molecular formula is C51H51ClN16O7. The highest BCUT2D eigenvalue weighted by Gasteiger charge is 2.31. The van der Waals surface area contributed by atoms with Crippen molar-refractivity contribution >= 4 is 68.8 Å². The van der Waals surface area contributed by atoms with Gasteiger partial charge in [0.25, 0.3) is 17.5 Å². The number of aliphatic carboxylic acids is 1. The van der Waals surface area contributed by atoms with Gasteiger partial charge < -0.3 is 34.8 Å². The first-order valence-electron chi connectivity index (χ1n) is 22.7. The Morgan fingerprint density at radius 1 is 0.653 bits per heavy atom. The van der Waals surface area contributed by atoms with E-state index in [0.717, 1.165) is 42.8 Å². The number of nitrogens with zero attached hydrogens (tertiary/aromatic N) is 13. The Morgan fingerprint density at radius 2 is 1.11 bits per heavy atom. The number of nitriles is 2. The number of nitrogens with one attached hydrogen (secondary N) is 3. The maximum Gasteiger partial charge on any atom is 0.377 e. The highest BCUT2D eigenvalue weighted by Crippen LogP contribution is 2.34. The third-order valence-corrected chi connectivity index (χ3v) is 11.9. The number of aromatic amines is 2. The van der Waals surface area contributed by atoms with Gasteiger partial charge in [-0.05, 0) is 88.0 Å².